The number of nitrogens with one attached hydrogen (secondary N) is 2. The minimum absolute atomic E-state index is 0.593. The molecule has 20 heavy (non-hydrogen) atoms. The van der Waals surface area contributed by atoms with Crippen LogP contribution in [0.1, 0.15) is 12.5 Å². The second kappa shape index (κ2) is 10.1. The van der Waals surface area contributed by atoms with Gasteiger partial charge >= 0.3 is 0 Å². The zero-order chi connectivity index (χ0) is 14.6. The van der Waals surface area contributed by atoms with Gasteiger partial charge < -0.3 is 20.1 Å². The maximum atomic E-state index is 5.65. The molecule has 0 heterocycles. The van der Waals surface area contributed by atoms with Crippen LogP contribution in [0, 0.1) is 6.92 Å². The molecule has 112 valence electrons. The Morgan fingerprint density at radius 3 is 2.60 bits per heavy atom. The van der Waals surface area contributed by atoms with E-state index in [1.54, 1.807) is 7.05 Å². The van der Waals surface area contributed by atoms with E-state index in [-0.39, 0.29) is 0 Å². The number of hydrogen-bond acceptors (Lipinski definition) is 3. The van der Waals surface area contributed by atoms with E-state index in [1.165, 1.54) is 5.56 Å². The molecule has 0 spiro atoms. The fraction of sp³-hybridized carbons (Fsp3) is 0.533. The molecule has 0 bridgehead atoms. The SMILES string of the molecule is CCOCCNC(=NC)NCCOc1cccc(C)c1. The lowest BCUT2D eigenvalue weighted by atomic mass is 10.2. The summed E-state index contributed by atoms with van der Waals surface area (Å²) in [6.07, 6.45) is 0. The maximum Gasteiger partial charge on any atom is 0.191 e. The van der Waals surface area contributed by atoms with Crippen LogP contribution in [0.25, 0.3) is 0 Å². The number of ether oxygens (including phenoxy) is 2. The number of rotatable bonds is 8. The van der Waals surface area contributed by atoms with Gasteiger partial charge in [-0.1, -0.05) is 12.1 Å². The van der Waals surface area contributed by atoms with Crippen molar-refractivity contribution in [3.63, 3.8) is 0 Å². The standard InChI is InChI=1S/C15H25N3O2/c1-4-19-10-8-17-15(16-3)18-9-11-20-14-7-5-6-13(2)12-14/h5-7,12H,4,8-11H2,1-3H3,(H2,16,17,18). The minimum atomic E-state index is 0.593. The quantitative estimate of drug-likeness (QED) is 0.431. The molecular weight excluding hydrogens is 254 g/mol. The second-order valence-corrected chi connectivity index (χ2v) is 4.29. The summed E-state index contributed by atoms with van der Waals surface area (Å²) in [5, 5.41) is 6.36. The Hall–Kier alpha value is -1.75. The van der Waals surface area contributed by atoms with Crippen molar-refractivity contribution in [2.75, 3.05) is 40.0 Å². The molecule has 0 unspecified atom stereocenters. The Morgan fingerprint density at radius 1 is 1.20 bits per heavy atom. The van der Waals surface area contributed by atoms with Gasteiger partial charge in [-0.3, -0.25) is 4.99 Å². The smallest absolute Gasteiger partial charge is 0.191 e. The Morgan fingerprint density at radius 2 is 1.95 bits per heavy atom. The van der Waals surface area contributed by atoms with Gasteiger partial charge in [-0.15, -0.1) is 0 Å². The molecule has 0 radical (unpaired) electrons. The van der Waals surface area contributed by atoms with Crippen LogP contribution in [0.2, 0.25) is 0 Å². The van der Waals surface area contributed by atoms with Gasteiger partial charge in [0.2, 0.25) is 0 Å². The molecule has 0 atom stereocenters. The number of aliphatic imine (C=N–C) groups is 1. The third kappa shape index (κ3) is 6.99. The van der Waals surface area contributed by atoms with Crippen molar-refractivity contribution in [1.29, 1.82) is 0 Å². The highest BCUT2D eigenvalue weighted by atomic mass is 16.5. The monoisotopic (exact) mass is 279 g/mol. The average Bonchev–Trinajstić information content (AvgIpc) is 2.46. The molecule has 0 amide bonds. The van der Waals surface area contributed by atoms with Crippen molar-refractivity contribution in [1.82, 2.24) is 10.6 Å². The topological polar surface area (TPSA) is 54.9 Å². The zero-order valence-corrected chi connectivity index (χ0v) is 12.6. The van der Waals surface area contributed by atoms with E-state index >= 15 is 0 Å². The fourth-order valence-electron chi connectivity index (χ4n) is 1.65. The number of guanidine groups is 1. The fourth-order valence-corrected chi connectivity index (χ4v) is 1.65. The van der Waals surface area contributed by atoms with E-state index in [9.17, 15) is 0 Å². The summed E-state index contributed by atoms with van der Waals surface area (Å²) in [4.78, 5) is 4.13. The first kappa shape index (κ1) is 16.3. The number of aryl methyl sites for hydroxylation is 1. The molecule has 1 aromatic rings. The van der Waals surface area contributed by atoms with Crippen molar-refractivity contribution < 1.29 is 9.47 Å². The lowest BCUT2D eigenvalue weighted by Crippen LogP contribution is -2.40. The molecule has 0 fully saturated rings. The van der Waals surface area contributed by atoms with Gasteiger partial charge in [0, 0.05) is 20.2 Å². The molecule has 1 rings (SSSR count). The predicted octanol–water partition coefficient (Wildman–Crippen LogP) is 1.58. The van der Waals surface area contributed by atoms with Crippen LogP contribution in [-0.2, 0) is 4.74 Å². The van der Waals surface area contributed by atoms with Crippen LogP contribution in [-0.4, -0.2) is 45.9 Å². The van der Waals surface area contributed by atoms with Crippen molar-refractivity contribution in [2.45, 2.75) is 13.8 Å². The highest BCUT2D eigenvalue weighted by Gasteiger charge is 1.97. The van der Waals surface area contributed by atoms with Crippen molar-refractivity contribution in [3.8, 4) is 5.75 Å². The summed E-state index contributed by atoms with van der Waals surface area (Å²) in [6, 6.07) is 8.03. The van der Waals surface area contributed by atoms with Crippen LogP contribution in [0.5, 0.6) is 5.75 Å². The molecule has 0 aromatic heterocycles. The largest absolute Gasteiger partial charge is 0.492 e. The molecule has 0 saturated carbocycles. The molecule has 2 N–H and O–H groups in total. The van der Waals surface area contributed by atoms with Gasteiger partial charge in [0.1, 0.15) is 12.4 Å². The van der Waals surface area contributed by atoms with E-state index in [4.69, 9.17) is 9.47 Å². The highest BCUT2D eigenvalue weighted by Crippen LogP contribution is 2.11. The predicted molar refractivity (Wildman–Crippen MR) is 82.5 cm³/mol. The van der Waals surface area contributed by atoms with Gasteiger partial charge in [0.05, 0.1) is 13.2 Å². The highest BCUT2D eigenvalue weighted by molar-refractivity contribution is 5.79. The summed E-state index contributed by atoms with van der Waals surface area (Å²) >= 11 is 0. The van der Waals surface area contributed by atoms with Crippen LogP contribution < -0.4 is 15.4 Å². The van der Waals surface area contributed by atoms with Gasteiger partial charge in [-0.05, 0) is 31.5 Å². The van der Waals surface area contributed by atoms with Crippen LogP contribution in [0.15, 0.2) is 29.3 Å². The van der Waals surface area contributed by atoms with E-state index < -0.39 is 0 Å². The van der Waals surface area contributed by atoms with Gasteiger partial charge in [0.15, 0.2) is 5.96 Å². The lowest BCUT2D eigenvalue weighted by molar-refractivity contribution is 0.152. The summed E-state index contributed by atoms with van der Waals surface area (Å²) in [6.45, 7) is 7.48. The van der Waals surface area contributed by atoms with Crippen LogP contribution in [0.3, 0.4) is 0 Å². The van der Waals surface area contributed by atoms with E-state index in [0.29, 0.717) is 19.8 Å². The first-order valence-electron chi connectivity index (χ1n) is 6.98. The Balaban J connectivity index is 2.15. The summed E-state index contributed by atoms with van der Waals surface area (Å²) < 4.78 is 10.9. The van der Waals surface area contributed by atoms with Gasteiger partial charge in [-0.2, -0.15) is 0 Å². The molecule has 0 saturated heterocycles. The molecule has 1 aromatic carbocycles. The molecule has 5 heteroatoms. The molecule has 0 aliphatic heterocycles. The lowest BCUT2D eigenvalue weighted by Gasteiger charge is -2.12. The van der Waals surface area contributed by atoms with E-state index in [0.717, 1.165) is 24.9 Å². The van der Waals surface area contributed by atoms with Gasteiger partial charge in [0.25, 0.3) is 0 Å². The van der Waals surface area contributed by atoms with Crippen LogP contribution in [0.4, 0.5) is 0 Å². The Labute approximate surface area is 121 Å². The number of nitrogens with zero attached hydrogens (tertiary/aromatic N) is 1. The maximum absolute atomic E-state index is 5.65. The average molecular weight is 279 g/mol. The van der Waals surface area contributed by atoms with E-state index in [2.05, 4.69) is 28.6 Å². The van der Waals surface area contributed by atoms with Crippen LogP contribution >= 0.6 is 0 Å². The summed E-state index contributed by atoms with van der Waals surface area (Å²) in [5.41, 5.74) is 1.20. The van der Waals surface area contributed by atoms with Gasteiger partial charge in [-0.25, -0.2) is 0 Å². The molecular formula is C15H25N3O2. The zero-order valence-electron chi connectivity index (χ0n) is 12.6. The minimum Gasteiger partial charge on any atom is -0.492 e. The second-order valence-electron chi connectivity index (χ2n) is 4.29. The third-order valence-electron chi connectivity index (χ3n) is 2.62. The normalized spacial score (nSPS) is 11.2. The Kier molecular flexibility index (Phi) is 8.22. The molecule has 0 aliphatic rings. The number of hydrogen-bond donors (Lipinski definition) is 2. The first-order valence-corrected chi connectivity index (χ1v) is 6.98. The van der Waals surface area contributed by atoms with Crippen molar-refractivity contribution >= 4 is 5.96 Å². The molecule has 0 aliphatic carbocycles. The Bertz CT molecular complexity index is 408. The summed E-state index contributed by atoms with van der Waals surface area (Å²) in [5.74, 6) is 1.66. The van der Waals surface area contributed by atoms with E-state index in [1.807, 2.05) is 25.1 Å². The van der Waals surface area contributed by atoms with Crippen molar-refractivity contribution in [2.24, 2.45) is 4.99 Å². The third-order valence-corrected chi connectivity index (χ3v) is 2.62. The summed E-state index contributed by atoms with van der Waals surface area (Å²) in [7, 11) is 1.75. The first-order chi connectivity index (χ1) is 9.76. The molecule has 5 nitrogen and oxygen atoms in total. The number of benzene rings is 1. The van der Waals surface area contributed by atoms with Crippen molar-refractivity contribution in [3.05, 3.63) is 29.8 Å².